The molecule has 0 aromatic heterocycles. The molecule has 0 aliphatic carbocycles. The number of rotatable bonds is 6. The lowest BCUT2D eigenvalue weighted by atomic mass is 9.96. The first-order valence-corrected chi connectivity index (χ1v) is 8.96. The number of aliphatic imine (C=N–C) groups is 1. The minimum Gasteiger partial charge on any atom is -0.492 e. The minimum atomic E-state index is -4.37. The van der Waals surface area contributed by atoms with Crippen molar-refractivity contribution in [2.45, 2.75) is 50.6 Å². The van der Waals surface area contributed by atoms with Crippen LogP contribution in [0, 0.1) is 0 Å². The van der Waals surface area contributed by atoms with E-state index in [2.05, 4.69) is 15.6 Å². The average molecular weight is 499 g/mol. The first-order chi connectivity index (χ1) is 12.5. The summed E-state index contributed by atoms with van der Waals surface area (Å²) in [7, 11) is 0. The number of guanidine groups is 1. The summed E-state index contributed by atoms with van der Waals surface area (Å²) in [5, 5.41) is 6.56. The van der Waals surface area contributed by atoms with Gasteiger partial charge in [-0.1, -0.05) is 6.07 Å². The largest absolute Gasteiger partial charge is 0.492 e. The summed E-state index contributed by atoms with van der Waals surface area (Å²) < 4.78 is 49.3. The molecular weight excluding hydrogens is 474 g/mol. The van der Waals surface area contributed by atoms with Crippen LogP contribution in [0.1, 0.15) is 31.7 Å². The fourth-order valence-corrected chi connectivity index (χ4v) is 3.37. The van der Waals surface area contributed by atoms with Crippen LogP contribution < -0.4 is 15.4 Å². The molecule has 1 aromatic rings. The third-order valence-corrected chi connectivity index (χ3v) is 4.56. The molecule has 1 aromatic carbocycles. The van der Waals surface area contributed by atoms with Crippen molar-refractivity contribution in [3.8, 4) is 5.75 Å². The highest BCUT2D eigenvalue weighted by Gasteiger charge is 2.41. The van der Waals surface area contributed by atoms with Gasteiger partial charge in [-0.05, 0) is 44.4 Å². The Labute approximate surface area is 174 Å². The van der Waals surface area contributed by atoms with E-state index >= 15 is 0 Å². The molecule has 9 heteroatoms. The van der Waals surface area contributed by atoms with Gasteiger partial charge >= 0.3 is 6.18 Å². The number of ether oxygens (including phenoxy) is 2. The molecule has 3 unspecified atom stereocenters. The summed E-state index contributed by atoms with van der Waals surface area (Å²) in [6.07, 6.45) is -0.602. The molecular formula is C18H25F3IN3O2. The van der Waals surface area contributed by atoms with E-state index in [1.807, 2.05) is 6.92 Å². The van der Waals surface area contributed by atoms with E-state index in [0.717, 1.165) is 37.9 Å². The van der Waals surface area contributed by atoms with Crippen LogP contribution >= 0.6 is 24.0 Å². The van der Waals surface area contributed by atoms with Crippen LogP contribution in [0.25, 0.3) is 0 Å². The zero-order valence-corrected chi connectivity index (χ0v) is 17.4. The fraction of sp³-hybridized carbons (Fsp3) is 0.611. The van der Waals surface area contributed by atoms with Gasteiger partial charge in [-0.3, -0.25) is 0 Å². The number of hydrogen-bond donors (Lipinski definition) is 2. The maximum atomic E-state index is 12.7. The zero-order valence-electron chi connectivity index (χ0n) is 15.1. The van der Waals surface area contributed by atoms with Crippen molar-refractivity contribution in [3.63, 3.8) is 0 Å². The Morgan fingerprint density at radius 3 is 2.78 bits per heavy atom. The monoisotopic (exact) mass is 499 g/mol. The van der Waals surface area contributed by atoms with Crippen LogP contribution in [-0.2, 0) is 10.9 Å². The Morgan fingerprint density at radius 2 is 2.15 bits per heavy atom. The van der Waals surface area contributed by atoms with Gasteiger partial charge in [0.25, 0.3) is 0 Å². The smallest absolute Gasteiger partial charge is 0.416 e. The normalized spacial score (nSPS) is 24.4. The summed E-state index contributed by atoms with van der Waals surface area (Å²) in [5.41, 5.74) is -0.718. The van der Waals surface area contributed by atoms with Gasteiger partial charge in [0.05, 0.1) is 30.4 Å². The Kier molecular flexibility index (Phi) is 8.02. The minimum absolute atomic E-state index is 0. The maximum absolute atomic E-state index is 12.7. The van der Waals surface area contributed by atoms with Crippen LogP contribution in [-0.4, -0.2) is 43.9 Å². The molecule has 0 amide bonds. The van der Waals surface area contributed by atoms with Crippen molar-refractivity contribution in [2.75, 3.05) is 19.7 Å². The molecule has 0 radical (unpaired) electrons. The van der Waals surface area contributed by atoms with Crippen molar-refractivity contribution < 1.29 is 22.6 Å². The number of hydrogen-bond acceptors (Lipinski definition) is 3. The number of fused-ring (bicyclic) bond motifs is 2. The van der Waals surface area contributed by atoms with E-state index in [1.165, 1.54) is 12.1 Å². The highest BCUT2D eigenvalue weighted by Crippen LogP contribution is 2.34. The average Bonchev–Trinajstić information content (AvgIpc) is 3.21. The third-order valence-electron chi connectivity index (χ3n) is 4.56. The summed E-state index contributed by atoms with van der Waals surface area (Å²) in [5.74, 6) is 0.871. The van der Waals surface area contributed by atoms with Crippen LogP contribution in [0.3, 0.4) is 0 Å². The molecule has 0 saturated carbocycles. The molecule has 2 saturated heterocycles. The second kappa shape index (κ2) is 9.81. The molecule has 2 bridgehead atoms. The Balaban J connectivity index is 0.00000261. The van der Waals surface area contributed by atoms with Gasteiger partial charge in [0.15, 0.2) is 5.96 Å². The van der Waals surface area contributed by atoms with Crippen LogP contribution in [0.4, 0.5) is 13.2 Å². The van der Waals surface area contributed by atoms with Gasteiger partial charge in [-0.2, -0.15) is 13.2 Å². The maximum Gasteiger partial charge on any atom is 0.416 e. The lowest BCUT2D eigenvalue weighted by molar-refractivity contribution is -0.137. The van der Waals surface area contributed by atoms with E-state index in [4.69, 9.17) is 9.47 Å². The predicted octanol–water partition coefficient (Wildman–Crippen LogP) is 3.58. The number of alkyl halides is 3. The second-order valence-electron chi connectivity index (χ2n) is 6.50. The van der Waals surface area contributed by atoms with E-state index in [0.29, 0.717) is 18.6 Å². The van der Waals surface area contributed by atoms with Gasteiger partial charge in [0.1, 0.15) is 12.4 Å². The topological polar surface area (TPSA) is 54.9 Å². The number of halogens is 4. The van der Waals surface area contributed by atoms with Crippen molar-refractivity contribution >= 4 is 29.9 Å². The number of benzene rings is 1. The molecule has 5 nitrogen and oxygen atoms in total. The highest BCUT2D eigenvalue weighted by molar-refractivity contribution is 14.0. The van der Waals surface area contributed by atoms with Crippen molar-refractivity contribution in [1.82, 2.24) is 10.6 Å². The lowest BCUT2D eigenvalue weighted by Gasteiger charge is -2.22. The first kappa shape index (κ1) is 22.1. The van der Waals surface area contributed by atoms with E-state index in [9.17, 15) is 13.2 Å². The molecule has 0 spiro atoms. The summed E-state index contributed by atoms with van der Waals surface area (Å²) in [4.78, 5) is 4.44. The molecule has 2 N–H and O–H groups in total. The van der Waals surface area contributed by atoms with Gasteiger partial charge in [0.2, 0.25) is 0 Å². The quantitative estimate of drug-likeness (QED) is 0.272. The third kappa shape index (κ3) is 6.13. The summed E-state index contributed by atoms with van der Waals surface area (Å²) in [6, 6.07) is 5.13. The van der Waals surface area contributed by atoms with Gasteiger partial charge in [-0.25, -0.2) is 4.99 Å². The molecule has 2 fully saturated rings. The van der Waals surface area contributed by atoms with Gasteiger partial charge < -0.3 is 20.1 Å². The van der Waals surface area contributed by atoms with Crippen LogP contribution in [0.5, 0.6) is 5.75 Å². The number of nitrogens with one attached hydrogen (secondary N) is 2. The molecule has 27 heavy (non-hydrogen) atoms. The van der Waals surface area contributed by atoms with Crippen LogP contribution in [0.2, 0.25) is 0 Å². The summed E-state index contributed by atoms with van der Waals surface area (Å²) >= 11 is 0. The lowest BCUT2D eigenvalue weighted by Crippen LogP contribution is -2.47. The molecule has 2 heterocycles. The molecule has 2 aliphatic rings. The summed E-state index contributed by atoms with van der Waals surface area (Å²) in [6.45, 7) is 3.24. The van der Waals surface area contributed by atoms with E-state index in [-0.39, 0.29) is 48.5 Å². The fourth-order valence-electron chi connectivity index (χ4n) is 3.37. The van der Waals surface area contributed by atoms with Gasteiger partial charge in [0, 0.05) is 6.54 Å². The van der Waals surface area contributed by atoms with Crippen LogP contribution in [0.15, 0.2) is 29.3 Å². The Hall–Kier alpha value is -1.23. The van der Waals surface area contributed by atoms with Crippen molar-refractivity contribution in [1.29, 1.82) is 0 Å². The Bertz CT molecular complexity index is 643. The van der Waals surface area contributed by atoms with E-state index in [1.54, 1.807) is 0 Å². The first-order valence-electron chi connectivity index (χ1n) is 8.96. The zero-order chi connectivity index (χ0) is 18.6. The van der Waals surface area contributed by atoms with Crippen molar-refractivity contribution in [3.05, 3.63) is 29.8 Å². The second-order valence-corrected chi connectivity index (χ2v) is 6.50. The highest BCUT2D eigenvalue weighted by atomic mass is 127. The Morgan fingerprint density at radius 1 is 1.33 bits per heavy atom. The SMILES string of the molecule is CCNC(=NCCOc1cccc(C(F)(F)F)c1)NC1CC2CCC1O2.I. The molecule has 3 rings (SSSR count). The van der Waals surface area contributed by atoms with Gasteiger partial charge in [-0.15, -0.1) is 24.0 Å². The molecule has 152 valence electrons. The standard InChI is InChI=1S/C18H24F3N3O2.HI/c1-2-22-17(24-15-11-14-6-7-16(15)26-14)23-8-9-25-13-5-3-4-12(10-13)18(19,20)21;/h3-5,10,14-16H,2,6-9,11H2,1H3,(H2,22,23,24);1H. The molecule has 3 atom stereocenters. The number of nitrogens with zero attached hydrogens (tertiary/aromatic N) is 1. The molecule has 2 aliphatic heterocycles. The predicted molar refractivity (Wildman–Crippen MR) is 108 cm³/mol. The van der Waals surface area contributed by atoms with Crippen molar-refractivity contribution in [2.24, 2.45) is 4.99 Å². The van der Waals surface area contributed by atoms with E-state index < -0.39 is 11.7 Å².